The number of carbonyl (C=O) groups is 1. The van der Waals surface area contributed by atoms with E-state index in [2.05, 4.69) is 21.2 Å². The van der Waals surface area contributed by atoms with Crippen LogP contribution >= 0.6 is 38.9 Å². The molecule has 0 radical (unpaired) electrons. The highest BCUT2D eigenvalue weighted by molar-refractivity contribution is 9.11. The van der Waals surface area contributed by atoms with Crippen molar-refractivity contribution in [3.63, 3.8) is 0 Å². The summed E-state index contributed by atoms with van der Waals surface area (Å²) in [4.78, 5) is 12.0. The molecule has 16 heavy (non-hydrogen) atoms. The van der Waals surface area contributed by atoms with Crippen molar-refractivity contribution in [2.75, 3.05) is 5.88 Å². The van der Waals surface area contributed by atoms with E-state index >= 15 is 0 Å². The molecule has 2 nitrogen and oxygen atoms in total. The van der Waals surface area contributed by atoms with E-state index in [1.807, 2.05) is 11.4 Å². The van der Waals surface area contributed by atoms with Crippen LogP contribution in [0, 0.1) is 0 Å². The molecule has 1 aromatic rings. The molecule has 0 aliphatic heterocycles. The van der Waals surface area contributed by atoms with Crippen LogP contribution in [0.2, 0.25) is 0 Å². The maximum atomic E-state index is 12.0. The fourth-order valence-electron chi connectivity index (χ4n) is 2.09. The van der Waals surface area contributed by atoms with Gasteiger partial charge in [0, 0.05) is 11.3 Å². The number of nitrogens with one attached hydrogen (secondary N) is 1. The van der Waals surface area contributed by atoms with Crippen molar-refractivity contribution in [3.8, 4) is 0 Å². The lowest BCUT2D eigenvalue weighted by Crippen LogP contribution is -2.47. The molecule has 1 N–H and O–H groups in total. The Morgan fingerprint density at radius 1 is 1.56 bits per heavy atom. The van der Waals surface area contributed by atoms with E-state index in [4.69, 9.17) is 11.6 Å². The lowest BCUT2D eigenvalue weighted by atomic mass is 10.00. The van der Waals surface area contributed by atoms with Crippen molar-refractivity contribution in [1.29, 1.82) is 0 Å². The minimum atomic E-state index is -0.174. The third kappa shape index (κ3) is 2.60. The molecular formula is C11H13BrClNOS. The molecule has 0 unspecified atom stereocenters. The first-order chi connectivity index (χ1) is 7.65. The highest BCUT2D eigenvalue weighted by Gasteiger charge is 2.34. The van der Waals surface area contributed by atoms with Crippen LogP contribution in [0.15, 0.2) is 15.2 Å². The van der Waals surface area contributed by atoms with E-state index in [-0.39, 0.29) is 11.4 Å². The summed E-state index contributed by atoms with van der Waals surface area (Å²) in [5.74, 6) is 0.494. The third-order valence-corrected chi connectivity index (χ3v) is 5.04. The van der Waals surface area contributed by atoms with Gasteiger partial charge in [-0.3, -0.25) is 4.79 Å². The molecule has 0 spiro atoms. The summed E-state index contributed by atoms with van der Waals surface area (Å²) in [5, 5.41) is 4.94. The summed E-state index contributed by atoms with van der Waals surface area (Å²) >= 11 is 10.9. The second-order valence-corrected chi connectivity index (χ2v) is 6.77. The van der Waals surface area contributed by atoms with Crippen molar-refractivity contribution in [1.82, 2.24) is 5.32 Å². The van der Waals surface area contributed by atoms with Gasteiger partial charge in [-0.05, 0) is 34.8 Å². The standard InChI is InChI=1S/C11H13BrClNOS/c12-9-5-8(6-16-9)10(15)14-11(7-13)3-1-2-4-11/h5-6H,1-4,7H2,(H,14,15). The van der Waals surface area contributed by atoms with Crippen LogP contribution < -0.4 is 5.32 Å². The summed E-state index contributed by atoms with van der Waals surface area (Å²) in [6.45, 7) is 0. The lowest BCUT2D eigenvalue weighted by molar-refractivity contribution is 0.0910. The smallest absolute Gasteiger partial charge is 0.252 e. The molecule has 5 heteroatoms. The summed E-state index contributed by atoms with van der Waals surface area (Å²) < 4.78 is 0.976. The number of carbonyl (C=O) groups excluding carboxylic acids is 1. The summed E-state index contributed by atoms with van der Waals surface area (Å²) in [6, 6.07) is 1.84. The topological polar surface area (TPSA) is 29.1 Å². The van der Waals surface area contributed by atoms with E-state index in [0.717, 1.165) is 29.5 Å². The van der Waals surface area contributed by atoms with E-state index in [1.165, 1.54) is 11.3 Å². The normalized spacial score (nSPS) is 18.6. The monoisotopic (exact) mass is 321 g/mol. The van der Waals surface area contributed by atoms with Crippen molar-refractivity contribution in [2.24, 2.45) is 0 Å². The predicted octanol–water partition coefficient (Wildman–Crippen LogP) is 3.79. The Balaban J connectivity index is 2.06. The van der Waals surface area contributed by atoms with Crippen LogP contribution in [0.25, 0.3) is 0 Å². The fourth-order valence-corrected chi connectivity index (χ4v) is 3.56. The van der Waals surface area contributed by atoms with Gasteiger partial charge in [-0.15, -0.1) is 22.9 Å². The quantitative estimate of drug-likeness (QED) is 0.843. The molecule has 1 aliphatic rings. The van der Waals surface area contributed by atoms with Crippen LogP contribution in [0.3, 0.4) is 0 Å². The molecule has 1 amide bonds. The number of alkyl halides is 1. The Kier molecular flexibility index (Phi) is 3.93. The Bertz CT molecular complexity index is 387. The Hall–Kier alpha value is -0.0600. The zero-order valence-electron chi connectivity index (χ0n) is 8.76. The molecule has 2 rings (SSSR count). The van der Waals surface area contributed by atoms with Gasteiger partial charge in [0.1, 0.15) is 0 Å². The third-order valence-electron chi connectivity index (χ3n) is 3.02. The van der Waals surface area contributed by atoms with Crippen LogP contribution in [-0.2, 0) is 0 Å². The summed E-state index contributed by atoms with van der Waals surface area (Å²) in [6.07, 6.45) is 4.29. The molecule has 0 aromatic carbocycles. The molecular weight excluding hydrogens is 310 g/mol. The van der Waals surface area contributed by atoms with Gasteiger partial charge in [0.2, 0.25) is 0 Å². The van der Waals surface area contributed by atoms with Gasteiger partial charge in [0.25, 0.3) is 5.91 Å². The SMILES string of the molecule is O=C(NC1(CCl)CCCC1)c1csc(Br)c1. The number of rotatable bonds is 3. The predicted molar refractivity (Wildman–Crippen MR) is 71.4 cm³/mol. The zero-order chi connectivity index (χ0) is 11.6. The van der Waals surface area contributed by atoms with E-state index in [0.29, 0.717) is 11.4 Å². The maximum absolute atomic E-state index is 12.0. The van der Waals surface area contributed by atoms with Gasteiger partial charge in [-0.1, -0.05) is 12.8 Å². The maximum Gasteiger partial charge on any atom is 0.252 e. The highest BCUT2D eigenvalue weighted by Crippen LogP contribution is 2.31. The van der Waals surface area contributed by atoms with Crippen molar-refractivity contribution in [3.05, 3.63) is 20.8 Å². The van der Waals surface area contributed by atoms with Crippen molar-refractivity contribution in [2.45, 2.75) is 31.2 Å². The second kappa shape index (κ2) is 5.07. The van der Waals surface area contributed by atoms with E-state index in [1.54, 1.807) is 0 Å². The van der Waals surface area contributed by atoms with Gasteiger partial charge in [-0.25, -0.2) is 0 Å². The number of hydrogen-bond acceptors (Lipinski definition) is 2. The molecule has 1 aliphatic carbocycles. The van der Waals surface area contributed by atoms with Gasteiger partial charge < -0.3 is 5.32 Å². The molecule has 0 bridgehead atoms. The van der Waals surface area contributed by atoms with Crippen LogP contribution in [0.1, 0.15) is 36.0 Å². The zero-order valence-corrected chi connectivity index (χ0v) is 11.9. The van der Waals surface area contributed by atoms with Crippen LogP contribution in [0.5, 0.6) is 0 Å². The highest BCUT2D eigenvalue weighted by atomic mass is 79.9. The fraction of sp³-hybridized carbons (Fsp3) is 0.545. The Morgan fingerprint density at radius 2 is 2.25 bits per heavy atom. The molecule has 1 saturated carbocycles. The minimum absolute atomic E-state index is 0.00972. The molecule has 1 fully saturated rings. The average Bonchev–Trinajstić information content (AvgIpc) is 2.88. The molecule has 0 atom stereocenters. The molecule has 1 heterocycles. The summed E-state index contributed by atoms with van der Waals surface area (Å²) in [5.41, 5.74) is 0.542. The lowest BCUT2D eigenvalue weighted by Gasteiger charge is -2.27. The van der Waals surface area contributed by atoms with Gasteiger partial charge in [-0.2, -0.15) is 0 Å². The van der Waals surface area contributed by atoms with E-state index in [9.17, 15) is 4.79 Å². The first kappa shape index (κ1) is 12.4. The molecule has 0 saturated heterocycles. The van der Waals surface area contributed by atoms with Crippen molar-refractivity contribution >= 4 is 44.8 Å². The number of amides is 1. The molecule has 1 aromatic heterocycles. The van der Waals surface area contributed by atoms with E-state index < -0.39 is 0 Å². The van der Waals surface area contributed by atoms with Gasteiger partial charge >= 0.3 is 0 Å². The first-order valence-corrected chi connectivity index (χ1v) is 7.48. The summed E-state index contributed by atoms with van der Waals surface area (Å²) in [7, 11) is 0. The van der Waals surface area contributed by atoms with Gasteiger partial charge in [0.15, 0.2) is 0 Å². The number of hydrogen-bond donors (Lipinski definition) is 1. The number of thiophene rings is 1. The molecule has 88 valence electrons. The largest absolute Gasteiger partial charge is 0.345 e. The Morgan fingerprint density at radius 3 is 2.75 bits per heavy atom. The van der Waals surface area contributed by atoms with Crippen LogP contribution in [0.4, 0.5) is 0 Å². The van der Waals surface area contributed by atoms with Crippen molar-refractivity contribution < 1.29 is 4.79 Å². The van der Waals surface area contributed by atoms with Gasteiger partial charge in [0.05, 0.1) is 14.9 Å². The Labute approximate surface area is 113 Å². The van der Waals surface area contributed by atoms with Crippen LogP contribution in [-0.4, -0.2) is 17.3 Å². The number of halogens is 2. The minimum Gasteiger partial charge on any atom is -0.345 e. The second-order valence-electron chi connectivity index (χ2n) is 4.21. The first-order valence-electron chi connectivity index (χ1n) is 5.28. The average molecular weight is 323 g/mol.